The minimum absolute atomic E-state index is 0.652. The Morgan fingerprint density at radius 3 is 1.92 bits per heavy atom. The van der Waals surface area contributed by atoms with Crippen LogP contribution in [0.25, 0.3) is 0 Å². The number of aliphatic hydroxyl groups is 1. The van der Waals surface area contributed by atoms with Gasteiger partial charge in [0.2, 0.25) is 0 Å². The van der Waals surface area contributed by atoms with Gasteiger partial charge in [0.25, 0.3) is 0 Å². The minimum Gasteiger partial charge on any atom is -0.380 e. The molecule has 0 atom stereocenters. The largest absolute Gasteiger partial charge is 0.380 e. The third kappa shape index (κ3) is 1.10. The lowest BCUT2D eigenvalue weighted by Crippen LogP contribution is -1.99. The fourth-order valence-electron chi connectivity index (χ4n) is 1.000. The molecule has 0 fully saturated rings. The summed E-state index contributed by atoms with van der Waals surface area (Å²) in [6.07, 6.45) is 5.50. The topological polar surface area (TPSA) is 77.6 Å². The number of aromatic amines is 2. The van der Waals surface area contributed by atoms with Gasteiger partial charge >= 0.3 is 0 Å². The molecule has 0 spiro atoms. The van der Waals surface area contributed by atoms with Gasteiger partial charge in [-0.1, -0.05) is 0 Å². The number of hydrogen-bond acceptors (Lipinski definition) is 3. The first-order chi connectivity index (χ1) is 5.88. The van der Waals surface area contributed by atoms with Crippen LogP contribution in [0.15, 0.2) is 25.0 Å². The Hall–Kier alpha value is -1.62. The molecule has 3 N–H and O–H groups in total. The molecule has 5 heteroatoms. The maximum Gasteiger partial charge on any atom is 0.137 e. The normalized spacial score (nSPS) is 10.8. The summed E-state index contributed by atoms with van der Waals surface area (Å²) in [4.78, 5) is 13.2. The van der Waals surface area contributed by atoms with Crippen molar-refractivity contribution in [3.63, 3.8) is 0 Å². The minimum atomic E-state index is -0.699. The van der Waals surface area contributed by atoms with E-state index in [-0.39, 0.29) is 0 Å². The monoisotopic (exact) mass is 164 g/mol. The highest BCUT2D eigenvalue weighted by Crippen LogP contribution is 2.15. The molecular weight excluding hydrogens is 156 g/mol. The summed E-state index contributed by atoms with van der Waals surface area (Å²) in [7, 11) is 0. The Labute approximate surface area is 68.5 Å². The molecule has 2 rings (SSSR count). The smallest absolute Gasteiger partial charge is 0.137 e. The summed E-state index contributed by atoms with van der Waals surface area (Å²) < 4.78 is 0. The van der Waals surface area contributed by atoms with Crippen LogP contribution in [0.4, 0.5) is 0 Å². The average Bonchev–Trinajstić information content (AvgIpc) is 2.77. The highest BCUT2D eigenvalue weighted by molar-refractivity contribution is 5.13. The van der Waals surface area contributed by atoms with E-state index in [1.165, 1.54) is 12.7 Å². The number of hydrogen-bond donors (Lipinski definition) is 3. The van der Waals surface area contributed by atoms with Crippen molar-refractivity contribution < 1.29 is 5.11 Å². The zero-order chi connectivity index (χ0) is 8.39. The Morgan fingerprint density at radius 1 is 1.08 bits per heavy atom. The molecule has 0 aromatic carbocycles. The quantitative estimate of drug-likeness (QED) is 0.594. The summed E-state index contributed by atoms with van der Waals surface area (Å²) in [5.74, 6) is 0. The van der Waals surface area contributed by atoms with Crippen LogP contribution in [0.2, 0.25) is 0 Å². The van der Waals surface area contributed by atoms with E-state index in [9.17, 15) is 5.11 Å². The van der Waals surface area contributed by atoms with Gasteiger partial charge in [-0.25, -0.2) is 9.97 Å². The van der Waals surface area contributed by atoms with Crippen LogP contribution in [-0.2, 0) is 0 Å². The van der Waals surface area contributed by atoms with E-state index in [0.29, 0.717) is 11.4 Å². The summed E-state index contributed by atoms with van der Waals surface area (Å²) in [5.41, 5.74) is 1.30. The molecule has 2 heterocycles. The molecule has 0 unspecified atom stereocenters. The lowest BCUT2D eigenvalue weighted by Gasteiger charge is -2.03. The SMILES string of the molecule is OC(c1cnc[nH]1)c1cnc[nH]1. The van der Waals surface area contributed by atoms with Crippen molar-refractivity contribution in [1.29, 1.82) is 0 Å². The molecule has 2 aromatic heterocycles. The molecule has 5 nitrogen and oxygen atoms in total. The van der Waals surface area contributed by atoms with E-state index in [4.69, 9.17) is 0 Å². The number of nitrogens with one attached hydrogen (secondary N) is 2. The summed E-state index contributed by atoms with van der Waals surface area (Å²) in [6.45, 7) is 0. The van der Waals surface area contributed by atoms with Gasteiger partial charge in [0.15, 0.2) is 0 Å². The number of rotatable bonds is 2. The van der Waals surface area contributed by atoms with Gasteiger partial charge in [-0.3, -0.25) is 0 Å². The maximum absolute atomic E-state index is 9.63. The fraction of sp³-hybridized carbons (Fsp3) is 0.143. The second kappa shape index (κ2) is 2.78. The molecule has 2 aromatic rings. The standard InChI is InChI=1S/C7H8N4O/c12-7(5-1-8-3-10-5)6-2-9-4-11-6/h1-4,7,12H,(H,8,10)(H,9,11). The maximum atomic E-state index is 9.63. The highest BCUT2D eigenvalue weighted by atomic mass is 16.3. The second-order valence-electron chi connectivity index (χ2n) is 2.42. The average molecular weight is 164 g/mol. The lowest BCUT2D eigenvalue weighted by atomic mass is 10.2. The number of aliphatic hydroxyl groups excluding tert-OH is 1. The summed E-state index contributed by atoms with van der Waals surface area (Å²) in [5, 5.41) is 9.63. The van der Waals surface area contributed by atoms with Crippen molar-refractivity contribution in [2.24, 2.45) is 0 Å². The van der Waals surface area contributed by atoms with Crippen molar-refractivity contribution in [1.82, 2.24) is 19.9 Å². The van der Waals surface area contributed by atoms with Gasteiger partial charge in [-0.15, -0.1) is 0 Å². The molecule has 0 amide bonds. The van der Waals surface area contributed by atoms with Crippen molar-refractivity contribution in [2.75, 3.05) is 0 Å². The molecule has 0 bridgehead atoms. The van der Waals surface area contributed by atoms with Crippen LogP contribution in [0.1, 0.15) is 17.5 Å². The Kier molecular flexibility index (Phi) is 1.64. The highest BCUT2D eigenvalue weighted by Gasteiger charge is 2.11. The van der Waals surface area contributed by atoms with E-state index >= 15 is 0 Å². The van der Waals surface area contributed by atoms with Crippen LogP contribution >= 0.6 is 0 Å². The van der Waals surface area contributed by atoms with Crippen LogP contribution in [0.5, 0.6) is 0 Å². The first kappa shape index (κ1) is 7.05. The predicted molar refractivity (Wildman–Crippen MR) is 41.2 cm³/mol. The first-order valence-electron chi connectivity index (χ1n) is 3.52. The third-order valence-electron chi connectivity index (χ3n) is 1.63. The fourth-order valence-corrected chi connectivity index (χ4v) is 1.000. The summed E-state index contributed by atoms with van der Waals surface area (Å²) >= 11 is 0. The number of aromatic nitrogens is 4. The van der Waals surface area contributed by atoms with Gasteiger partial charge in [-0.2, -0.15) is 0 Å². The van der Waals surface area contributed by atoms with E-state index in [0.717, 1.165) is 0 Å². The van der Waals surface area contributed by atoms with Gasteiger partial charge < -0.3 is 15.1 Å². The molecule has 0 saturated carbocycles. The van der Waals surface area contributed by atoms with Gasteiger partial charge in [-0.05, 0) is 0 Å². The molecular formula is C7H8N4O. The first-order valence-corrected chi connectivity index (χ1v) is 3.52. The van der Waals surface area contributed by atoms with Crippen molar-refractivity contribution in [3.05, 3.63) is 36.4 Å². The second-order valence-corrected chi connectivity index (χ2v) is 2.42. The van der Waals surface area contributed by atoms with E-state index in [2.05, 4.69) is 19.9 Å². The summed E-state index contributed by atoms with van der Waals surface area (Å²) in [6, 6.07) is 0. The molecule has 0 aliphatic heterocycles. The molecule has 0 saturated heterocycles. The number of nitrogens with zero attached hydrogens (tertiary/aromatic N) is 2. The van der Waals surface area contributed by atoms with Crippen molar-refractivity contribution >= 4 is 0 Å². The van der Waals surface area contributed by atoms with E-state index in [1.807, 2.05) is 0 Å². The Balaban J connectivity index is 2.27. The lowest BCUT2D eigenvalue weighted by molar-refractivity contribution is 0.211. The molecule has 0 radical (unpaired) electrons. The van der Waals surface area contributed by atoms with E-state index in [1.54, 1.807) is 12.4 Å². The van der Waals surface area contributed by atoms with Crippen LogP contribution < -0.4 is 0 Å². The Bertz CT molecular complexity index is 292. The van der Waals surface area contributed by atoms with Gasteiger partial charge in [0.05, 0.1) is 36.4 Å². The van der Waals surface area contributed by atoms with Gasteiger partial charge in [0.1, 0.15) is 6.10 Å². The molecule has 12 heavy (non-hydrogen) atoms. The zero-order valence-electron chi connectivity index (χ0n) is 6.23. The van der Waals surface area contributed by atoms with Crippen LogP contribution in [0.3, 0.4) is 0 Å². The molecule has 0 aliphatic rings. The number of H-pyrrole nitrogens is 2. The Morgan fingerprint density at radius 2 is 1.58 bits per heavy atom. The van der Waals surface area contributed by atoms with Crippen molar-refractivity contribution in [3.8, 4) is 0 Å². The van der Waals surface area contributed by atoms with Crippen LogP contribution in [0, 0.1) is 0 Å². The third-order valence-corrected chi connectivity index (χ3v) is 1.63. The van der Waals surface area contributed by atoms with Crippen LogP contribution in [-0.4, -0.2) is 25.0 Å². The van der Waals surface area contributed by atoms with E-state index < -0.39 is 6.10 Å². The zero-order valence-corrected chi connectivity index (χ0v) is 6.23. The predicted octanol–water partition coefficient (Wildman–Crippen LogP) is 0.214. The van der Waals surface area contributed by atoms with Gasteiger partial charge in [0, 0.05) is 0 Å². The van der Waals surface area contributed by atoms with Crippen molar-refractivity contribution in [2.45, 2.75) is 6.10 Å². The number of imidazole rings is 2. The molecule has 0 aliphatic carbocycles. The molecule has 62 valence electrons.